The lowest BCUT2D eigenvalue weighted by Crippen LogP contribution is -2.23. The van der Waals surface area contributed by atoms with Gasteiger partial charge in [0.15, 0.2) is 0 Å². The Balaban J connectivity index is 2.44. The molecule has 14 heavy (non-hydrogen) atoms. The van der Waals surface area contributed by atoms with E-state index in [4.69, 9.17) is 4.74 Å². The van der Waals surface area contributed by atoms with Crippen molar-refractivity contribution in [1.82, 2.24) is 10.2 Å². The maximum atomic E-state index is 5.71. The van der Waals surface area contributed by atoms with Crippen LogP contribution in [0.5, 0.6) is 5.88 Å². The predicted molar refractivity (Wildman–Crippen MR) is 56.5 cm³/mol. The lowest BCUT2D eigenvalue weighted by molar-refractivity contribution is 0.126. The molecule has 0 amide bonds. The first-order valence-electron chi connectivity index (χ1n) is 4.68. The van der Waals surface area contributed by atoms with Crippen molar-refractivity contribution in [1.29, 1.82) is 0 Å². The van der Waals surface area contributed by atoms with Crippen molar-refractivity contribution in [2.45, 2.75) is 26.4 Å². The number of fused-ring (bicyclic) bond motifs is 1. The highest BCUT2D eigenvalue weighted by Gasteiger charge is 2.15. The summed E-state index contributed by atoms with van der Waals surface area (Å²) < 4.78 is 5.71. The highest BCUT2D eigenvalue weighted by atomic mass is 16.5. The van der Waals surface area contributed by atoms with Crippen LogP contribution in [0.4, 0.5) is 0 Å². The number of hydrogen-bond donors (Lipinski definition) is 1. The summed E-state index contributed by atoms with van der Waals surface area (Å²) in [6.07, 6.45) is 0. The van der Waals surface area contributed by atoms with Gasteiger partial charge < -0.3 is 4.74 Å². The van der Waals surface area contributed by atoms with E-state index in [0.29, 0.717) is 5.88 Å². The first-order valence-corrected chi connectivity index (χ1v) is 4.68. The van der Waals surface area contributed by atoms with Crippen LogP contribution in [0.2, 0.25) is 0 Å². The van der Waals surface area contributed by atoms with Gasteiger partial charge in [0, 0.05) is 0 Å². The Hall–Kier alpha value is -1.51. The summed E-state index contributed by atoms with van der Waals surface area (Å²) in [7, 11) is 0. The number of benzene rings is 1. The van der Waals surface area contributed by atoms with Crippen molar-refractivity contribution in [2.75, 3.05) is 0 Å². The Kier molecular flexibility index (Phi) is 1.95. The molecule has 0 unspecified atom stereocenters. The number of hydrogen-bond acceptors (Lipinski definition) is 2. The molecule has 3 nitrogen and oxygen atoms in total. The van der Waals surface area contributed by atoms with Crippen molar-refractivity contribution in [2.24, 2.45) is 0 Å². The van der Waals surface area contributed by atoms with Gasteiger partial charge in [-0.15, -0.1) is 5.10 Å². The van der Waals surface area contributed by atoms with Gasteiger partial charge in [0.25, 0.3) is 0 Å². The van der Waals surface area contributed by atoms with Crippen LogP contribution in [-0.4, -0.2) is 15.8 Å². The molecule has 0 saturated heterocycles. The molecule has 0 aliphatic heterocycles. The molecule has 2 rings (SSSR count). The zero-order valence-corrected chi connectivity index (χ0v) is 8.66. The number of aromatic amines is 1. The fraction of sp³-hybridized carbons (Fsp3) is 0.364. The number of rotatable bonds is 1. The van der Waals surface area contributed by atoms with Crippen LogP contribution < -0.4 is 4.74 Å². The van der Waals surface area contributed by atoms with E-state index in [9.17, 15) is 0 Å². The molecular formula is C11H14N2O. The third-order valence-electron chi connectivity index (χ3n) is 1.84. The fourth-order valence-electron chi connectivity index (χ4n) is 1.31. The maximum Gasteiger partial charge on any atom is 0.241 e. The summed E-state index contributed by atoms with van der Waals surface area (Å²) in [6.45, 7) is 6.03. The summed E-state index contributed by atoms with van der Waals surface area (Å²) >= 11 is 0. The van der Waals surface area contributed by atoms with E-state index in [-0.39, 0.29) is 5.60 Å². The van der Waals surface area contributed by atoms with Gasteiger partial charge in [-0.1, -0.05) is 12.1 Å². The molecule has 1 aromatic heterocycles. The van der Waals surface area contributed by atoms with Crippen molar-refractivity contribution < 1.29 is 4.74 Å². The smallest absolute Gasteiger partial charge is 0.241 e. The van der Waals surface area contributed by atoms with Crippen molar-refractivity contribution in [3.63, 3.8) is 0 Å². The zero-order chi connectivity index (χ0) is 10.2. The molecule has 2 aromatic rings. The van der Waals surface area contributed by atoms with Crippen molar-refractivity contribution in [3.05, 3.63) is 24.3 Å². The maximum absolute atomic E-state index is 5.71. The number of ether oxygens (including phenoxy) is 1. The van der Waals surface area contributed by atoms with Crippen LogP contribution in [-0.2, 0) is 0 Å². The Bertz CT molecular complexity index is 440. The number of aromatic nitrogens is 2. The minimum absolute atomic E-state index is 0.210. The molecule has 0 saturated carbocycles. The van der Waals surface area contributed by atoms with Crippen molar-refractivity contribution in [3.8, 4) is 5.88 Å². The average Bonchev–Trinajstić information content (AvgIpc) is 2.47. The first-order chi connectivity index (χ1) is 6.56. The summed E-state index contributed by atoms with van der Waals surface area (Å²) in [5.74, 6) is 0.674. The molecule has 1 aromatic carbocycles. The van der Waals surface area contributed by atoms with E-state index < -0.39 is 0 Å². The molecule has 3 heteroatoms. The van der Waals surface area contributed by atoms with E-state index in [0.717, 1.165) is 10.9 Å². The van der Waals surface area contributed by atoms with Crippen LogP contribution >= 0.6 is 0 Å². The molecule has 0 spiro atoms. The molecule has 74 valence electrons. The Morgan fingerprint density at radius 1 is 1.21 bits per heavy atom. The average molecular weight is 190 g/mol. The second-order valence-corrected chi connectivity index (χ2v) is 4.29. The minimum atomic E-state index is -0.210. The Morgan fingerprint density at radius 2 is 1.93 bits per heavy atom. The highest BCUT2D eigenvalue weighted by Crippen LogP contribution is 2.25. The summed E-state index contributed by atoms with van der Waals surface area (Å²) in [6, 6.07) is 7.94. The zero-order valence-electron chi connectivity index (χ0n) is 8.66. The molecule has 0 aliphatic rings. The standard InChI is InChI=1S/C11H14N2O/c1-11(2,3)14-10-8-6-4-5-7-9(8)12-13-10/h4-7H,1-3H3,(H,12,13). The van der Waals surface area contributed by atoms with Gasteiger partial charge in [0.05, 0.1) is 10.9 Å². The van der Waals surface area contributed by atoms with Gasteiger partial charge in [-0.3, -0.25) is 5.10 Å². The van der Waals surface area contributed by atoms with Crippen molar-refractivity contribution >= 4 is 10.9 Å². The van der Waals surface area contributed by atoms with Crippen LogP contribution in [0.3, 0.4) is 0 Å². The third-order valence-corrected chi connectivity index (χ3v) is 1.84. The Labute approximate surface area is 83.1 Å². The largest absolute Gasteiger partial charge is 0.470 e. The first kappa shape index (κ1) is 9.06. The van der Waals surface area contributed by atoms with Gasteiger partial charge in [0.1, 0.15) is 5.60 Å². The number of H-pyrrole nitrogens is 1. The normalized spacial score (nSPS) is 11.9. The van der Waals surface area contributed by atoms with Crippen LogP contribution in [0.15, 0.2) is 24.3 Å². The number of nitrogens with zero attached hydrogens (tertiary/aromatic N) is 1. The van der Waals surface area contributed by atoms with Gasteiger partial charge >= 0.3 is 0 Å². The molecule has 0 atom stereocenters. The van der Waals surface area contributed by atoms with Gasteiger partial charge in [0.2, 0.25) is 5.88 Å². The summed E-state index contributed by atoms with van der Waals surface area (Å²) in [5, 5.41) is 8.10. The number of nitrogens with one attached hydrogen (secondary N) is 1. The van der Waals surface area contributed by atoms with E-state index in [1.54, 1.807) is 0 Å². The lowest BCUT2D eigenvalue weighted by Gasteiger charge is -2.19. The SMILES string of the molecule is CC(C)(C)Oc1n[nH]c2ccccc12. The van der Waals surface area contributed by atoms with E-state index in [2.05, 4.69) is 10.2 Å². The molecule has 0 radical (unpaired) electrons. The summed E-state index contributed by atoms with van der Waals surface area (Å²) in [4.78, 5) is 0. The second-order valence-electron chi connectivity index (χ2n) is 4.29. The van der Waals surface area contributed by atoms with E-state index in [1.807, 2.05) is 45.0 Å². The molecule has 0 bridgehead atoms. The molecule has 0 aliphatic carbocycles. The fourth-order valence-corrected chi connectivity index (χ4v) is 1.31. The topological polar surface area (TPSA) is 37.9 Å². The Morgan fingerprint density at radius 3 is 2.64 bits per heavy atom. The van der Waals surface area contributed by atoms with Gasteiger partial charge in [-0.2, -0.15) is 0 Å². The number of para-hydroxylation sites is 1. The monoisotopic (exact) mass is 190 g/mol. The van der Waals surface area contributed by atoms with E-state index >= 15 is 0 Å². The third kappa shape index (κ3) is 1.71. The minimum Gasteiger partial charge on any atom is -0.470 e. The summed E-state index contributed by atoms with van der Waals surface area (Å²) in [5.41, 5.74) is 0.796. The van der Waals surface area contributed by atoms with Gasteiger partial charge in [-0.05, 0) is 32.9 Å². The van der Waals surface area contributed by atoms with Gasteiger partial charge in [-0.25, -0.2) is 0 Å². The van der Waals surface area contributed by atoms with Crippen LogP contribution in [0.1, 0.15) is 20.8 Å². The van der Waals surface area contributed by atoms with Crippen LogP contribution in [0.25, 0.3) is 10.9 Å². The van der Waals surface area contributed by atoms with Crippen LogP contribution in [0, 0.1) is 0 Å². The lowest BCUT2D eigenvalue weighted by atomic mass is 10.2. The van der Waals surface area contributed by atoms with E-state index in [1.165, 1.54) is 0 Å². The molecule has 1 heterocycles. The highest BCUT2D eigenvalue weighted by molar-refractivity contribution is 5.83. The molecule has 0 fully saturated rings. The predicted octanol–water partition coefficient (Wildman–Crippen LogP) is 2.74. The molecule has 1 N–H and O–H groups in total. The molecular weight excluding hydrogens is 176 g/mol. The second kappa shape index (κ2) is 3.01. The quantitative estimate of drug-likeness (QED) is 0.750.